The van der Waals surface area contributed by atoms with Crippen LogP contribution >= 0.6 is 0 Å². The number of nitrogens with zero attached hydrogens (tertiary/aromatic N) is 2. The molecule has 0 atom stereocenters. The van der Waals surface area contributed by atoms with Crippen molar-refractivity contribution in [2.24, 2.45) is 11.5 Å². The second-order valence-electron chi connectivity index (χ2n) is 4.11. The zero-order valence-corrected chi connectivity index (χ0v) is 11.1. The van der Waals surface area contributed by atoms with Gasteiger partial charge >= 0.3 is 12.1 Å². The monoisotopic (exact) mass is 285 g/mol. The molecule has 0 aliphatic heterocycles. The van der Waals surface area contributed by atoms with E-state index in [0.717, 1.165) is 5.01 Å². The number of rotatable bonds is 4. The molecule has 0 fully saturated rings. The number of nitrogens with one attached hydrogen (secondary N) is 1. The number of nitrogens with two attached hydrogens (primary N) is 2. The molecule has 0 saturated heterocycles. The molecule has 0 unspecified atom stereocenters. The lowest BCUT2D eigenvalue weighted by Gasteiger charge is -2.34. The van der Waals surface area contributed by atoms with Crippen LogP contribution in [0.25, 0.3) is 0 Å². The van der Waals surface area contributed by atoms with Crippen molar-refractivity contribution in [2.45, 2.75) is 0 Å². The molecule has 2 rings (SSSR count). The van der Waals surface area contributed by atoms with Gasteiger partial charge in [0.05, 0.1) is 11.4 Å². The maximum absolute atomic E-state index is 11.8. The Labute approximate surface area is 121 Å². The van der Waals surface area contributed by atoms with Crippen LogP contribution in [0.2, 0.25) is 0 Å². The molecule has 7 nitrogen and oxygen atoms in total. The van der Waals surface area contributed by atoms with Gasteiger partial charge in [-0.15, -0.1) is 0 Å². The number of hydrogen-bond acceptors (Lipinski definition) is 3. The van der Waals surface area contributed by atoms with Crippen LogP contribution in [0.1, 0.15) is 0 Å². The first-order chi connectivity index (χ1) is 10.1. The molecule has 108 valence electrons. The molecule has 0 aromatic heterocycles. The molecule has 0 spiro atoms. The third-order valence-corrected chi connectivity index (χ3v) is 2.63. The van der Waals surface area contributed by atoms with E-state index in [-0.39, 0.29) is 0 Å². The van der Waals surface area contributed by atoms with Gasteiger partial charge in [-0.1, -0.05) is 36.4 Å². The first-order valence-corrected chi connectivity index (χ1v) is 6.15. The van der Waals surface area contributed by atoms with Crippen molar-refractivity contribution in [1.82, 2.24) is 5.43 Å². The van der Waals surface area contributed by atoms with Gasteiger partial charge in [0, 0.05) is 0 Å². The van der Waals surface area contributed by atoms with E-state index in [0.29, 0.717) is 11.4 Å². The van der Waals surface area contributed by atoms with Crippen molar-refractivity contribution in [2.75, 3.05) is 10.1 Å². The van der Waals surface area contributed by atoms with E-state index in [1.165, 1.54) is 5.12 Å². The van der Waals surface area contributed by atoms with E-state index in [2.05, 4.69) is 5.43 Å². The van der Waals surface area contributed by atoms with Crippen molar-refractivity contribution in [3.05, 3.63) is 60.7 Å². The van der Waals surface area contributed by atoms with Crippen LogP contribution in [0.3, 0.4) is 0 Å². The minimum atomic E-state index is -0.818. The lowest BCUT2D eigenvalue weighted by molar-refractivity contribution is 0.244. The normalized spacial score (nSPS) is 9.71. The summed E-state index contributed by atoms with van der Waals surface area (Å²) in [5.41, 5.74) is 14.0. The van der Waals surface area contributed by atoms with Crippen molar-refractivity contribution >= 4 is 23.4 Å². The number of primary amides is 2. The lowest BCUT2D eigenvalue weighted by atomic mass is 10.3. The Morgan fingerprint density at radius 2 is 1.29 bits per heavy atom. The van der Waals surface area contributed by atoms with Crippen LogP contribution in [0.5, 0.6) is 0 Å². The molecule has 0 radical (unpaired) electrons. The smallest absolute Gasteiger partial charge is 0.339 e. The molecule has 5 N–H and O–H groups in total. The third kappa shape index (κ3) is 3.41. The first-order valence-electron chi connectivity index (χ1n) is 6.15. The highest BCUT2D eigenvalue weighted by Gasteiger charge is 2.22. The van der Waals surface area contributed by atoms with Gasteiger partial charge < -0.3 is 11.5 Å². The second kappa shape index (κ2) is 6.29. The summed E-state index contributed by atoms with van der Waals surface area (Å²) in [7, 11) is 0. The summed E-state index contributed by atoms with van der Waals surface area (Å²) in [6, 6.07) is 15.8. The Hall–Kier alpha value is -3.22. The number of urea groups is 2. The molecule has 21 heavy (non-hydrogen) atoms. The molecule has 2 aromatic rings. The first kappa shape index (κ1) is 14.2. The Kier molecular flexibility index (Phi) is 4.25. The zero-order chi connectivity index (χ0) is 15.2. The Balaban J connectivity index is 2.46. The molecular weight excluding hydrogens is 270 g/mol. The number of hydrazine groups is 2. The number of benzene rings is 2. The Morgan fingerprint density at radius 3 is 1.71 bits per heavy atom. The van der Waals surface area contributed by atoms with Gasteiger partial charge in [-0.2, -0.15) is 10.1 Å². The summed E-state index contributed by atoms with van der Waals surface area (Å²) in [6.45, 7) is 0. The summed E-state index contributed by atoms with van der Waals surface area (Å²) >= 11 is 0. The number of para-hydroxylation sites is 2. The summed E-state index contributed by atoms with van der Waals surface area (Å²) < 4.78 is 0. The van der Waals surface area contributed by atoms with Gasteiger partial charge in [0.15, 0.2) is 0 Å². The highest BCUT2D eigenvalue weighted by Crippen LogP contribution is 2.20. The average molecular weight is 285 g/mol. The molecule has 0 bridgehead atoms. The van der Waals surface area contributed by atoms with Crippen molar-refractivity contribution in [3.63, 3.8) is 0 Å². The van der Waals surface area contributed by atoms with Crippen LogP contribution in [0, 0.1) is 0 Å². The number of anilines is 2. The van der Waals surface area contributed by atoms with Gasteiger partial charge in [-0.05, 0) is 24.3 Å². The zero-order valence-electron chi connectivity index (χ0n) is 11.1. The van der Waals surface area contributed by atoms with Crippen LogP contribution < -0.4 is 27.0 Å². The molecule has 2 aromatic carbocycles. The van der Waals surface area contributed by atoms with Crippen LogP contribution in [-0.4, -0.2) is 12.1 Å². The Bertz CT molecular complexity index is 618. The van der Waals surface area contributed by atoms with Crippen LogP contribution in [-0.2, 0) is 0 Å². The fourth-order valence-corrected chi connectivity index (χ4v) is 1.81. The molecular formula is C14H15N5O2. The van der Waals surface area contributed by atoms with E-state index >= 15 is 0 Å². The maximum atomic E-state index is 11.8. The summed E-state index contributed by atoms with van der Waals surface area (Å²) in [4.78, 5) is 23.0. The van der Waals surface area contributed by atoms with Gasteiger partial charge in [0.2, 0.25) is 0 Å². The predicted octanol–water partition coefficient (Wildman–Crippen LogP) is 1.58. The van der Waals surface area contributed by atoms with Crippen molar-refractivity contribution in [3.8, 4) is 0 Å². The fraction of sp³-hybridized carbons (Fsp3) is 0. The van der Waals surface area contributed by atoms with Gasteiger partial charge in [-0.3, -0.25) is 0 Å². The van der Waals surface area contributed by atoms with Gasteiger partial charge in [-0.25, -0.2) is 15.0 Å². The topological polar surface area (TPSA) is 105 Å². The number of amides is 4. The molecule has 0 heterocycles. The van der Waals surface area contributed by atoms with E-state index < -0.39 is 12.1 Å². The van der Waals surface area contributed by atoms with E-state index in [4.69, 9.17) is 11.5 Å². The molecule has 7 heteroatoms. The van der Waals surface area contributed by atoms with Gasteiger partial charge in [0.1, 0.15) is 0 Å². The number of hydrogen-bond donors (Lipinski definition) is 3. The number of carbonyl (C=O) groups excluding carboxylic acids is 2. The SMILES string of the molecule is NC(=O)NN(c1ccccc1)N(C(N)=O)c1ccccc1. The average Bonchev–Trinajstić information content (AvgIpc) is 2.48. The molecule has 0 aliphatic rings. The third-order valence-electron chi connectivity index (χ3n) is 2.63. The van der Waals surface area contributed by atoms with Crippen molar-refractivity contribution < 1.29 is 9.59 Å². The van der Waals surface area contributed by atoms with E-state index in [1.54, 1.807) is 54.6 Å². The van der Waals surface area contributed by atoms with Crippen LogP contribution in [0.4, 0.5) is 21.0 Å². The van der Waals surface area contributed by atoms with Crippen molar-refractivity contribution in [1.29, 1.82) is 0 Å². The standard InChI is InChI=1S/C14H15N5O2/c15-13(20)17-19(12-9-5-2-6-10-12)18(14(16)21)11-7-3-1-4-8-11/h1-10H,(H2,16,21)(H3,15,17,20). The predicted molar refractivity (Wildman–Crippen MR) is 80.1 cm³/mol. The fourth-order valence-electron chi connectivity index (χ4n) is 1.81. The van der Waals surface area contributed by atoms with Gasteiger partial charge in [0.25, 0.3) is 0 Å². The summed E-state index contributed by atoms with van der Waals surface area (Å²) in [6.07, 6.45) is 0. The number of carbonyl (C=O) groups is 2. The van der Waals surface area contributed by atoms with E-state index in [1.807, 2.05) is 6.07 Å². The molecule has 0 aliphatic carbocycles. The minimum absolute atomic E-state index is 0.489. The summed E-state index contributed by atoms with van der Waals surface area (Å²) in [5, 5.41) is 2.31. The second-order valence-corrected chi connectivity index (χ2v) is 4.11. The largest absolute Gasteiger partial charge is 0.350 e. The maximum Gasteiger partial charge on any atom is 0.339 e. The summed E-state index contributed by atoms with van der Waals surface area (Å²) in [5.74, 6) is 0. The van der Waals surface area contributed by atoms with E-state index in [9.17, 15) is 9.59 Å². The lowest BCUT2D eigenvalue weighted by Crippen LogP contribution is -2.59. The van der Waals surface area contributed by atoms with Crippen LogP contribution in [0.15, 0.2) is 60.7 Å². The quantitative estimate of drug-likeness (QED) is 0.742. The molecule has 4 amide bonds. The minimum Gasteiger partial charge on any atom is -0.350 e. The highest BCUT2D eigenvalue weighted by atomic mass is 16.2. The highest BCUT2D eigenvalue weighted by molar-refractivity contribution is 5.94. The Morgan fingerprint density at radius 1 is 0.810 bits per heavy atom. The molecule has 0 saturated carbocycles.